The lowest BCUT2D eigenvalue weighted by Gasteiger charge is -2.41. The van der Waals surface area contributed by atoms with Crippen LogP contribution in [0.25, 0.3) is 0 Å². The van der Waals surface area contributed by atoms with Gasteiger partial charge in [-0.25, -0.2) is 13.1 Å². The molecule has 0 saturated carbocycles. The second-order valence-corrected chi connectivity index (χ2v) is 11.3. The normalized spacial score (nSPS) is 21.3. The van der Waals surface area contributed by atoms with E-state index in [2.05, 4.69) is 15.4 Å². The maximum atomic E-state index is 13.4. The quantitative estimate of drug-likeness (QED) is 0.347. The Morgan fingerprint density at radius 2 is 1.83 bits per heavy atom. The number of hydrogen-bond acceptors (Lipinski definition) is 4. The van der Waals surface area contributed by atoms with Crippen molar-refractivity contribution in [1.29, 1.82) is 0 Å². The van der Waals surface area contributed by atoms with Gasteiger partial charge < -0.3 is 10.6 Å². The fraction of sp³-hybridized carbons (Fsp3) is 0.538. The Morgan fingerprint density at radius 1 is 1.11 bits per heavy atom. The summed E-state index contributed by atoms with van der Waals surface area (Å²) < 4.78 is 67.8. The molecule has 4 unspecified atom stereocenters. The molecule has 194 valence electrons. The first-order valence-electron chi connectivity index (χ1n) is 12.2. The minimum Gasteiger partial charge on any atom is -0.378 e. The monoisotopic (exact) mass is 511 g/mol. The summed E-state index contributed by atoms with van der Waals surface area (Å²) in [5.74, 6) is -0.0274. The number of anilines is 1. The topological polar surface area (TPSA) is 70.2 Å². The predicted molar refractivity (Wildman–Crippen MR) is 135 cm³/mol. The second kappa shape index (κ2) is 11.8. The van der Waals surface area contributed by atoms with Gasteiger partial charge in [0.2, 0.25) is 10.0 Å². The van der Waals surface area contributed by atoms with Crippen molar-refractivity contribution in [3.63, 3.8) is 0 Å². The molecule has 5 nitrogen and oxygen atoms in total. The minimum absolute atomic E-state index is 0.00729. The number of alkyl halides is 3. The lowest BCUT2D eigenvalue weighted by molar-refractivity contribution is -0.137. The molecule has 35 heavy (non-hydrogen) atoms. The highest BCUT2D eigenvalue weighted by Crippen LogP contribution is 2.48. The highest BCUT2D eigenvalue weighted by atomic mass is 32.2. The second-order valence-electron chi connectivity index (χ2n) is 9.42. The lowest BCUT2D eigenvalue weighted by atomic mass is 9.71. The molecule has 0 bridgehead atoms. The van der Waals surface area contributed by atoms with Crippen LogP contribution >= 0.6 is 0 Å². The van der Waals surface area contributed by atoms with E-state index < -0.39 is 21.8 Å². The Morgan fingerprint density at radius 3 is 2.46 bits per heavy atom. The van der Waals surface area contributed by atoms with Gasteiger partial charge >= 0.3 is 6.18 Å². The van der Waals surface area contributed by atoms with E-state index in [0.717, 1.165) is 18.1 Å². The van der Waals surface area contributed by atoms with E-state index in [1.54, 1.807) is 7.05 Å². The van der Waals surface area contributed by atoms with Crippen molar-refractivity contribution in [2.24, 2.45) is 11.8 Å². The highest BCUT2D eigenvalue weighted by Gasteiger charge is 2.38. The van der Waals surface area contributed by atoms with Gasteiger partial charge in [0.1, 0.15) is 0 Å². The molecule has 2 aromatic carbocycles. The van der Waals surface area contributed by atoms with Crippen LogP contribution in [0.3, 0.4) is 0 Å². The number of hydrogen-bond donors (Lipinski definition) is 3. The van der Waals surface area contributed by atoms with Gasteiger partial charge in [-0.1, -0.05) is 50.6 Å². The maximum Gasteiger partial charge on any atom is 0.416 e. The van der Waals surface area contributed by atoms with Crippen LogP contribution in [-0.4, -0.2) is 34.3 Å². The number of benzene rings is 2. The molecule has 0 amide bonds. The van der Waals surface area contributed by atoms with Crippen molar-refractivity contribution in [2.75, 3.05) is 31.2 Å². The molecule has 0 aromatic heterocycles. The van der Waals surface area contributed by atoms with Crippen molar-refractivity contribution < 1.29 is 21.6 Å². The van der Waals surface area contributed by atoms with Crippen molar-refractivity contribution in [2.45, 2.75) is 51.2 Å². The zero-order valence-electron chi connectivity index (χ0n) is 20.5. The van der Waals surface area contributed by atoms with E-state index in [-0.39, 0.29) is 29.5 Å². The van der Waals surface area contributed by atoms with E-state index in [9.17, 15) is 21.6 Å². The van der Waals surface area contributed by atoms with Crippen molar-refractivity contribution >= 4 is 15.7 Å². The summed E-state index contributed by atoms with van der Waals surface area (Å²) in [7, 11) is -1.60. The molecule has 1 aliphatic heterocycles. The predicted octanol–water partition coefficient (Wildman–Crippen LogP) is 5.54. The molecule has 9 heteroatoms. The van der Waals surface area contributed by atoms with Gasteiger partial charge in [0.05, 0.1) is 17.4 Å². The van der Waals surface area contributed by atoms with Gasteiger partial charge in [-0.3, -0.25) is 0 Å². The van der Waals surface area contributed by atoms with Crippen LogP contribution in [-0.2, 0) is 16.2 Å². The number of sulfonamides is 1. The fourth-order valence-corrected chi connectivity index (χ4v) is 6.07. The summed E-state index contributed by atoms with van der Waals surface area (Å²) in [5.41, 5.74) is 1.79. The Bertz CT molecular complexity index is 1060. The molecule has 1 heterocycles. The Kier molecular flexibility index (Phi) is 9.23. The van der Waals surface area contributed by atoms with E-state index in [0.29, 0.717) is 37.2 Å². The molecule has 0 saturated heterocycles. The van der Waals surface area contributed by atoms with Crippen LogP contribution in [0.5, 0.6) is 0 Å². The highest BCUT2D eigenvalue weighted by molar-refractivity contribution is 7.89. The van der Waals surface area contributed by atoms with E-state index >= 15 is 0 Å². The summed E-state index contributed by atoms with van der Waals surface area (Å²) in [4.78, 5) is 0. The van der Waals surface area contributed by atoms with Gasteiger partial charge in [0.15, 0.2) is 0 Å². The third kappa shape index (κ3) is 7.21. The summed E-state index contributed by atoms with van der Waals surface area (Å²) in [6, 6.07) is 13.7. The summed E-state index contributed by atoms with van der Waals surface area (Å²) in [5, 5.41) is 6.44. The molecule has 0 spiro atoms. The van der Waals surface area contributed by atoms with Gasteiger partial charge in [0.25, 0.3) is 0 Å². The van der Waals surface area contributed by atoms with Crippen molar-refractivity contribution in [3.8, 4) is 0 Å². The van der Waals surface area contributed by atoms with Crippen molar-refractivity contribution in [3.05, 3.63) is 65.2 Å². The van der Waals surface area contributed by atoms with Gasteiger partial charge in [-0.15, -0.1) is 0 Å². The van der Waals surface area contributed by atoms with Crippen LogP contribution in [0.15, 0.2) is 48.5 Å². The number of halogens is 3. The SMILES string of the molecule is CCC(CNS(=O)(=O)CCCNC)CC1C(C)c2cc(C(F)(F)F)ccc2NC1c1ccccc1. The zero-order chi connectivity index (χ0) is 25.6. The largest absolute Gasteiger partial charge is 0.416 e. The first-order valence-corrected chi connectivity index (χ1v) is 13.9. The molecular formula is C26H36F3N3O2S. The van der Waals surface area contributed by atoms with E-state index in [1.165, 1.54) is 12.1 Å². The van der Waals surface area contributed by atoms with E-state index in [1.807, 2.05) is 44.2 Å². The lowest BCUT2D eigenvalue weighted by Crippen LogP contribution is -2.36. The molecule has 4 atom stereocenters. The molecule has 2 aromatic rings. The molecule has 3 N–H and O–H groups in total. The number of fused-ring (bicyclic) bond motifs is 1. The summed E-state index contributed by atoms with van der Waals surface area (Å²) in [6.45, 7) is 4.95. The Hall–Kier alpha value is -2.10. The van der Waals surface area contributed by atoms with Crippen LogP contribution in [0.2, 0.25) is 0 Å². The smallest absolute Gasteiger partial charge is 0.378 e. The summed E-state index contributed by atoms with van der Waals surface area (Å²) >= 11 is 0. The van der Waals surface area contributed by atoms with Crippen LogP contribution in [0.4, 0.5) is 18.9 Å². The molecular weight excluding hydrogens is 475 g/mol. The van der Waals surface area contributed by atoms with Gasteiger partial charge in [-0.2, -0.15) is 13.2 Å². The molecule has 0 fully saturated rings. The van der Waals surface area contributed by atoms with Gasteiger partial charge in [-0.05, 0) is 73.5 Å². The van der Waals surface area contributed by atoms with Crippen LogP contribution in [0, 0.1) is 11.8 Å². The third-order valence-corrected chi connectivity index (χ3v) is 8.46. The van der Waals surface area contributed by atoms with Gasteiger partial charge in [0, 0.05) is 12.2 Å². The molecule has 0 radical (unpaired) electrons. The molecule has 3 rings (SSSR count). The first-order chi connectivity index (χ1) is 16.6. The molecule has 1 aliphatic rings. The average Bonchev–Trinajstić information content (AvgIpc) is 2.82. The zero-order valence-corrected chi connectivity index (χ0v) is 21.3. The Balaban J connectivity index is 1.85. The van der Waals surface area contributed by atoms with E-state index in [4.69, 9.17) is 0 Å². The first kappa shape index (κ1) is 27.5. The van der Waals surface area contributed by atoms with Crippen LogP contribution < -0.4 is 15.4 Å². The fourth-order valence-electron chi connectivity index (χ4n) is 4.91. The average molecular weight is 512 g/mol. The minimum atomic E-state index is -4.40. The molecule has 0 aliphatic carbocycles. The van der Waals surface area contributed by atoms with Crippen molar-refractivity contribution in [1.82, 2.24) is 10.0 Å². The number of rotatable bonds is 11. The standard InChI is InChI=1S/C26H36F3N3O2S/c1-4-19(17-31-35(33,34)14-8-13-30-3)15-23-18(2)22-16-21(26(27,28)29)11-12-24(22)32-25(23)20-9-6-5-7-10-20/h5-7,9-12,16,18-19,23,25,30-32H,4,8,13-15,17H2,1-3H3. The number of nitrogens with one attached hydrogen (secondary N) is 3. The maximum absolute atomic E-state index is 13.4. The Labute approximate surface area is 206 Å². The summed E-state index contributed by atoms with van der Waals surface area (Å²) in [6.07, 6.45) is -2.43. The van der Waals surface area contributed by atoms with Crippen LogP contribution in [0.1, 0.15) is 61.8 Å². The third-order valence-electron chi connectivity index (χ3n) is 7.02.